The third kappa shape index (κ3) is 5.14. The second-order valence-electron chi connectivity index (χ2n) is 5.56. The standard InChI is InChI=1S/C17H12F6O6S/c1-27-15(24)11-7-8-12(28-9-10-5-3-2-4-6-10)13(16(18,19)20)14(11)29-30(25,26)17(21,22)23/h2-8H,9H2,1H3. The maximum atomic E-state index is 13.7. The van der Waals surface area contributed by atoms with Crippen LogP contribution in [0.25, 0.3) is 0 Å². The molecule has 0 unspecified atom stereocenters. The summed E-state index contributed by atoms with van der Waals surface area (Å²) in [5.74, 6) is -4.51. The van der Waals surface area contributed by atoms with Crippen molar-refractivity contribution in [1.29, 1.82) is 0 Å². The number of esters is 1. The fraction of sp³-hybridized carbons (Fsp3) is 0.235. The third-order valence-electron chi connectivity index (χ3n) is 3.52. The Balaban J connectivity index is 2.66. The van der Waals surface area contributed by atoms with E-state index >= 15 is 0 Å². The zero-order valence-corrected chi connectivity index (χ0v) is 15.7. The van der Waals surface area contributed by atoms with Crippen molar-refractivity contribution < 1.29 is 53.2 Å². The average Bonchev–Trinajstić information content (AvgIpc) is 2.64. The van der Waals surface area contributed by atoms with Crippen LogP contribution in [-0.4, -0.2) is 27.0 Å². The fourth-order valence-corrected chi connectivity index (χ4v) is 2.69. The van der Waals surface area contributed by atoms with Crippen LogP contribution in [0.4, 0.5) is 26.3 Å². The number of methoxy groups -OCH3 is 1. The fourth-order valence-electron chi connectivity index (χ4n) is 2.20. The highest BCUT2D eigenvalue weighted by Crippen LogP contribution is 2.46. The normalized spacial score (nSPS) is 12.4. The van der Waals surface area contributed by atoms with Crippen LogP contribution in [0.3, 0.4) is 0 Å². The maximum absolute atomic E-state index is 13.7. The third-order valence-corrected chi connectivity index (χ3v) is 4.47. The molecule has 0 radical (unpaired) electrons. The second-order valence-corrected chi connectivity index (χ2v) is 7.10. The van der Waals surface area contributed by atoms with E-state index in [0.29, 0.717) is 17.7 Å². The average molecular weight is 458 g/mol. The highest BCUT2D eigenvalue weighted by atomic mass is 32.2. The van der Waals surface area contributed by atoms with Gasteiger partial charge in [0.2, 0.25) is 0 Å². The largest absolute Gasteiger partial charge is 0.534 e. The zero-order valence-electron chi connectivity index (χ0n) is 14.9. The molecule has 0 aromatic heterocycles. The lowest BCUT2D eigenvalue weighted by Crippen LogP contribution is -2.30. The smallest absolute Gasteiger partial charge is 0.488 e. The number of alkyl halides is 6. The topological polar surface area (TPSA) is 78.9 Å². The van der Waals surface area contributed by atoms with Crippen molar-refractivity contribution in [1.82, 2.24) is 0 Å². The van der Waals surface area contributed by atoms with Gasteiger partial charge in [0.25, 0.3) is 0 Å². The highest BCUT2D eigenvalue weighted by Gasteiger charge is 2.51. The summed E-state index contributed by atoms with van der Waals surface area (Å²) in [6.45, 7) is -0.438. The first kappa shape index (κ1) is 23.3. The van der Waals surface area contributed by atoms with E-state index in [1.807, 2.05) is 0 Å². The molecule has 0 spiro atoms. The molecular weight excluding hydrogens is 446 g/mol. The minimum Gasteiger partial charge on any atom is -0.488 e. The van der Waals surface area contributed by atoms with Gasteiger partial charge in [0.1, 0.15) is 23.5 Å². The molecule has 2 rings (SSSR count). The van der Waals surface area contributed by atoms with Crippen LogP contribution >= 0.6 is 0 Å². The van der Waals surface area contributed by atoms with Gasteiger partial charge in [-0.25, -0.2) is 4.79 Å². The Hall–Kier alpha value is -2.96. The van der Waals surface area contributed by atoms with E-state index in [1.165, 1.54) is 12.1 Å². The maximum Gasteiger partial charge on any atom is 0.534 e. The van der Waals surface area contributed by atoms with Gasteiger partial charge >= 0.3 is 27.8 Å². The number of rotatable bonds is 6. The Bertz CT molecular complexity index is 1020. The van der Waals surface area contributed by atoms with Gasteiger partial charge < -0.3 is 13.7 Å². The summed E-state index contributed by atoms with van der Waals surface area (Å²) in [7, 11) is -5.81. The summed E-state index contributed by atoms with van der Waals surface area (Å²) in [5, 5.41) is 0. The minimum atomic E-state index is -6.54. The highest BCUT2D eigenvalue weighted by molar-refractivity contribution is 7.88. The van der Waals surface area contributed by atoms with Crippen LogP contribution < -0.4 is 8.92 Å². The molecule has 0 N–H and O–H groups in total. The van der Waals surface area contributed by atoms with Gasteiger partial charge in [0.15, 0.2) is 5.75 Å². The molecule has 2 aromatic rings. The summed E-state index contributed by atoms with van der Waals surface area (Å²) in [6, 6.07) is 9.00. The molecule has 0 aliphatic heterocycles. The van der Waals surface area contributed by atoms with Gasteiger partial charge in [-0.15, -0.1) is 0 Å². The molecule has 0 atom stereocenters. The number of ether oxygens (including phenoxy) is 2. The van der Waals surface area contributed by atoms with E-state index in [4.69, 9.17) is 4.74 Å². The molecule has 164 valence electrons. The summed E-state index contributed by atoms with van der Waals surface area (Å²) in [5.41, 5.74) is -8.85. The van der Waals surface area contributed by atoms with Crippen LogP contribution in [0.1, 0.15) is 21.5 Å². The first-order valence-electron chi connectivity index (χ1n) is 7.78. The predicted molar refractivity (Wildman–Crippen MR) is 89.2 cm³/mol. The second kappa shape index (κ2) is 8.42. The molecule has 30 heavy (non-hydrogen) atoms. The molecule has 2 aromatic carbocycles. The Labute approximate surface area is 166 Å². The van der Waals surface area contributed by atoms with Crippen molar-refractivity contribution in [2.24, 2.45) is 0 Å². The molecule has 0 amide bonds. The van der Waals surface area contributed by atoms with Gasteiger partial charge in [-0.3, -0.25) is 0 Å². The summed E-state index contributed by atoms with van der Waals surface area (Å²) in [4.78, 5) is 11.8. The van der Waals surface area contributed by atoms with E-state index in [1.54, 1.807) is 18.2 Å². The number of carbonyl (C=O) groups excluding carboxylic acids is 1. The Kier molecular flexibility index (Phi) is 6.54. The van der Waals surface area contributed by atoms with Crippen molar-refractivity contribution in [2.45, 2.75) is 18.3 Å². The van der Waals surface area contributed by atoms with E-state index in [0.717, 1.165) is 7.11 Å². The van der Waals surface area contributed by atoms with E-state index < -0.39 is 57.0 Å². The summed E-state index contributed by atoms with van der Waals surface area (Å²) < 4.78 is 115. The molecule has 6 nitrogen and oxygen atoms in total. The Morgan fingerprint density at radius 3 is 2.07 bits per heavy atom. The van der Waals surface area contributed by atoms with Crippen LogP contribution in [0.2, 0.25) is 0 Å². The molecule has 0 saturated heterocycles. The number of hydrogen-bond acceptors (Lipinski definition) is 6. The quantitative estimate of drug-likeness (QED) is 0.278. The first-order valence-corrected chi connectivity index (χ1v) is 9.18. The van der Waals surface area contributed by atoms with Gasteiger partial charge in [0.05, 0.1) is 7.11 Å². The monoisotopic (exact) mass is 458 g/mol. The number of halogens is 6. The molecule has 0 aliphatic carbocycles. The van der Waals surface area contributed by atoms with Crippen LogP contribution in [0.15, 0.2) is 42.5 Å². The molecule has 0 bridgehead atoms. The Morgan fingerprint density at radius 2 is 1.57 bits per heavy atom. The van der Waals surface area contributed by atoms with Crippen molar-refractivity contribution >= 4 is 16.1 Å². The van der Waals surface area contributed by atoms with E-state index in [9.17, 15) is 39.6 Å². The minimum absolute atomic E-state index is 0.410. The molecule has 0 heterocycles. The molecule has 0 aliphatic rings. The van der Waals surface area contributed by atoms with Crippen molar-refractivity contribution in [3.8, 4) is 11.5 Å². The van der Waals surface area contributed by atoms with Crippen molar-refractivity contribution in [3.05, 3.63) is 59.2 Å². The molecule has 0 fully saturated rings. The number of benzene rings is 2. The lowest BCUT2D eigenvalue weighted by Gasteiger charge is -2.20. The van der Waals surface area contributed by atoms with Gasteiger partial charge in [-0.05, 0) is 17.7 Å². The molecule has 13 heteroatoms. The first-order chi connectivity index (χ1) is 13.8. The molecular formula is C17H12F6O6S. The number of hydrogen-bond donors (Lipinski definition) is 0. The van der Waals surface area contributed by atoms with Crippen LogP contribution in [0, 0.1) is 0 Å². The van der Waals surface area contributed by atoms with E-state index in [-0.39, 0.29) is 0 Å². The lowest BCUT2D eigenvalue weighted by molar-refractivity contribution is -0.140. The summed E-state index contributed by atoms with van der Waals surface area (Å²) in [6.07, 6.45) is -5.45. The lowest BCUT2D eigenvalue weighted by atomic mass is 10.1. The van der Waals surface area contributed by atoms with Crippen LogP contribution in [0.5, 0.6) is 11.5 Å². The Morgan fingerprint density at radius 1 is 0.967 bits per heavy atom. The van der Waals surface area contributed by atoms with Crippen molar-refractivity contribution in [2.75, 3.05) is 7.11 Å². The number of carbonyl (C=O) groups is 1. The van der Waals surface area contributed by atoms with Crippen LogP contribution in [-0.2, 0) is 27.6 Å². The summed E-state index contributed by atoms with van der Waals surface area (Å²) >= 11 is 0. The van der Waals surface area contributed by atoms with E-state index in [2.05, 4.69) is 8.92 Å². The van der Waals surface area contributed by atoms with Crippen molar-refractivity contribution in [3.63, 3.8) is 0 Å². The predicted octanol–water partition coefficient (Wildman–Crippen LogP) is 4.30. The van der Waals surface area contributed by atoms with Gasteiger partial charge in [0, 0.05) is 0 Å². The zero-order chi connectivity index (χ0) is 22.7. The SMILES string of the molecule is COC(=O)c1ccc(OCc2ccccc2)c(C(F)(F)F)c1OS(=O)(=O)C(F)(F)F. The molecule has 0 saturated carbocycles. The van der Waals surface area contributed by atoms with Gasteiger partial charge in [-0.1, -0.05) is 30.3 Å². The van der Waals surface area contributed by atoms with Gasteiger partial charge in [-0.2, -0.15) is 34.8 Å².